The quantitative estimate of drug-likeness (QED) is 0.923. The molecule has 1 aromatic rings. The van der Waals surface area contributed by atoms with Crippen LogP contribution in [-0.4, -0.2) is 18.1 Å². The molecule has 0 aromatic heterocycles. The minimum absolute atomic E-state index is 0.227. The second-order valence-electron chi connectivity index (χ2n) is 5.76. The molecule has 1 aliphatic rings. The fourth-order valence-corrected chi connectivity index (χ4v) is 2.74. The Bertz CT molecular complexity index is 540. The van der Waals surface area contributed by atoms with Crippen LogP contribution in [0.4, 0.5) is 0 Å². The van der Waals surface area contributed by atoms with Crippen LogP contribution in [0.5, 0.6) is 5.75 Å². The summed E-state index contributed by atoms with van der Waals surface area (Å²) in [5.74, 6) is 0.962. The molecular formula is C17H22N2O2. The fraction of sp³-hybridized carbons (Fsp3) is 0.529. The van der Waals surface area contributed by atoms with Gasteiger partial charge in [0, 0.05) is 0 Å². The van der Waals surface area contributed by atoms with E-state index < -0.39 is 5.54 Å². The highest BCUT2D eigenvalue weighted by Gasteiger charge is 2.36. The number of carbonyl (C=O) groups is 1. The molecule has 4 nitrogen and oxygen atoms in total. The van der Waals surface area contributed by atoms with E-state index in [1.807, 2.05) is 13.0 Å². The summed E-state index contributed by atoms with van der Waals surface area (Å²) in [7, 11) is 0. The highest BCUT2D eigenvalue weighted by atomic mass is 16.5. The lowest BCUT2D eigenvalue weighted by molar-refractivity contribution is 0.0890. The lowest BCUT2D eigenvalue weighted by atomic mass is 9.78. The summed E-state index contributed by atoms with van der Waals surface area (Å²) in [5.41, 5.74) is -0.240. The molecule has 0 spiro atoms. The zero-order chi connectivity index (χ0) is 15.3. The Balaban J connectivity index is 2.15. The molecule has 1 fully saturated rings. The number of nitriles is 1. The number of nitrogens with zero attached hydrogens (tertiary/aromatic N) is 1. The van der Waals surface area contributed by atoms with Gasteiger partial charge in [0.1, 0.15) is 11.3 Å². The summed E-state index contributed by atoms with van der Waals surface area (Å²) in [6.07, 6.45) is 3.38. The SMILES string of the molecule is CCOc1ccccc1C(=O)NC1(C#N)CCC(C)CC1. The maximum atomic E-state index is 12.5. The van der Waals surface area contributed by atoms with Gasteiger partial charge < -0.3 is 10.1 Å². The van der Waals surface area contributed by atoms with Crippen LogP contribution in [0.3, 0.4) is 0 Å². The minimum atomic E-state index is -0.733. The number of nitrogens with one attached hydrogen (secondary N) is 1. The lowest BCUT2D eigenvalue weighted by Crippen LogP contribution is -2.49. The number of amides is 1. The van der Waals surface area contributed by atoms with Gasteiger partial charge in [-0.05, 0) is 50.7 Å². The Labute approximate surface area is 126 Å². The third-order valence-corrected chi connectivity index (χ3v) is 4.13. The summed E-state index contributed by atoms with van der Waals surface area (Å²) in [4.78, 5) is 12.5. The summed E-state index contributed by atoms with van der Waals surface area (Å²) in [6.45, 7) is 4.58. The van der Waals surface area contributed by atoms with E-state index in [2.05, 4.69) is 18.3 Å². The molecule has 0 radical (unpaired) electrons. The topological polar surface area (TPSA) is 62.1 Å². The molecule has 1 aromatic carbocycles. The molecule has 0 aliphatic heterocycles. The van der Waals surface area contributed by atoms with Crippen molar-refractivity contribution in [2.75, 3.05) is 6.61 Å². The Morgan fingerprint density at radius 1 is 1.43 bits per heavy atom. The highest BCUT2D eigenvalue weighted by Crippen LogP contribution is 2.32. The van der Waals surface area contributed by atoms with Gasteiger partial charge in [-0.3, -0.25) is 4.79 Å². The van der Waals surface area contributed by atoms with Gasteiger partial charge in [-0.2, -0.15) is 5.26 Å². The van der Waals surface area contributed by atoms with Crippen molar-refractivity contribution in [3.63, 3.8) is 0 Å². The molecule has 0 saturated heterocycles. The monoisotopic (exact) mass is 286 g/mol. The summed E-state index contributed by atoms with van der Waals surface area (Å²) in [6, 6.07) is 9.47. The standard InChI is InChI=1S/C17H22N2O2/c1-3-21-15-7-5-4-6-14(15)16(20)19-17(12-18)10-8-13(2)9-11-17/h4-7,13H,3,8-11H2,1-2H3,(H,19,20). The van der Waals surface area contributed by atoms with Gasteiger partial charge in [-0.1, -0.05) is 19.1 Å². The maximum absolute atomic E-state index is 12.5. The predicted octanol–water partition coefficient (Wildman–Crippen LogP) is 3.29. The normalized spacial score (nSPS) is 24.9. The van der Waals surface area contributed by atoms with Crippen molar-refractivity contribution in [2.45, 2.75) is 45.1 Å². The number of rotatable bonds is 4. The van der Waals surface area contributed by atoms with Crippen LogP contribution < -0.4 is 10.1 Å². The molecule has 0 atom stereocenters. The molecule has 1 saturated carbocycles. The average Bonchev–Trinajstić information content (AvgIpc) is 2.51. The minimum Gasteiger partial charge on any atom is -0.493 e. The Kier molecular flexibility index (Phi) is 4.85. The third kappa shape index (κ3) is 3.55. The summed E-state index contributed by atoms with van der Waals surface area (Å²) in [5, 5.41) is 12.4. The summed E-state index contributed by atoms with van der Waals surface area (Å²) < 4.78 is 5.49. The van der Waals surface area contributed by atoms with E-state index in [0.717, 1.165) is 12.8 Å². The predicted molar refractivity (Wildman–Crippen MR) is 81.1 cm³/mol. The largest absolute Gasteiger partial charge is 0.493 e. The van der Waals surface area contributed by atoms with E-state index in [9.17, 15) is 10.1 Å². The van der Waals surface area contributed by atoms with Crippen LogP contribution >= 0.6 is 0 Å². The number of hydrogen-bond acceptors (Lipinski definition) is 3. The van der Waals surface area contributed by atoms with E-state index >= 15 is 0 Å². The Hall–Kier alpha value is -2.02. The third-order valence-electron chi connectivity index (χ3n) is 4.13. The smallest absolute Gasteiger partial charge is 0.256 e. The van der Waals surface area contributed by atoms with E-state index in [-0.39, 0.29) is 5.91 Å². The molecule has 1 amide bonds. The number of hydrogen-bond donors (Lipinski definition) is 1. The number of benzene rings is 1. The van der Waals surface area contributed by atoms with Gasteiger partial charge in [0.15, 0.2) is 0 Å². The van der Waals surface area contributed by atoms with E-state index in [1.165, 1.54) is 0 Å². The first-order valence-electron chi connectivity index (χ1n) is 7.56. The van der Waals surface area contributed by atoms with Crippen molar-refractivity contribution in [3.05, 3.63) is 29.8 Å². The molecule has 1 aliphatic carbocycles. The lowest BCUT2D eigenvalue weighted by Gasteiger charge is -2.34. The fourth-order valence-electron chi connectivity index (χ4n) is 2.74. The van der Waals surface area contributed by atoms with Crippen LogP contribution in [0.2, 0.25) is 0 Å². The van der Waals surface area contributed by atoms with Gasteiger partial charge in [-0.25, -0.2) is 0 Å². The second kappa shape index (κ2) is 6.62. The van der Waals surface area contributed by atoms with Gasteiger partial charge in [0.05, 0.1) is 18.2 Å². The molecule has 0 unspecified atom stereocenters. The average molecular weight is 286 g/mol. The van der Waals surface area contributed by atoms with E-state index in [0.29, 0.717) is 36.7 Å². The second-order valence-corrected chi connectivity index (χ2v) is 5.76. The Morgan fingerprint density at radius 2 is 2.10 bits per heavy atom. The molecule has 112 valence electrons. The summed E-state index contributed by atoms with van der Waals surface area (Å²) >= 11 is 0. The first kappa shape index (κ1) is 15.4. The molecule has 2 rings (SSSR count). The number of carbonyl (C=O) groups excluding carboxylic acids is 1. The van der Waals surface area contributed by atoms with Crippen LogP contribution in [0.1, 0.15) is 49.9 Å². The van der Waals surface area contributed by atoms with Crippen LogP contribution in [0.25, 0.3) is 0 Å². The van der Waals surface area contributed by atoms with Crippen molar-refractivity contribution in [1.29, 1.82) is 5.26 Å². The molecule has 0 bridgehead atoms. The molecular weight excluding hydrogens is 264 g/mol. The van der Waals surface area contributed by atoms with Crippen molar-refractivity contribution < 1.29 is 9.53 Å². The van der Waals surface area contributed by atoms with Crippen molar-refractivity contribution >= 4 is 5.91 Å². The maximum Gasteiger partial charge on any atom is 0.256 e. The van der Waals surface area contributed by atoms with Gasteiger partial charge >= 0.3 is 0 Å². The first-order chi connectivity index (χ1) is 10.1. The van der Waals surface area contributed by atoms with Crippen molar-refractivity contribution in [3.8, 4) is 11.8 Å². The van der Waals surface area contributed by atoms with Crippen molar-refractivity contribution in [2.24, 2.45) is 5.92 Å². The number of para-hydroxylation sites is 1. The van der Waals surface area contributed by atoms with E-state index in [4.69, 9.17) is 4.74 Å². The number of ether oxygens (including phenoxy) is 1. The van der Waals surface area contributed by atoms with Crippen molar-refractivity contribution in [1.82, 2.24) is 5.32 Å². The van der Waals surface area contributed by atoms with Gasteiger partial charge in [0.2, 0.25) is 0 Å². The van der Waals surface area contributed by atoms with E-state index in [1.54, 1.807) is 18.2 Å². The van der Waals surface area contributed by atoms with Gasteiger partial charge in [0.25, 0.3) is 5.91 Å². The zero-order valence-corrected chi connectivity index (χ0v) is 12.7. The zero-order valence-electron chi connectivity index (χ0n) is 12.7. The molecule has 1 N–H and O–H groups in total. The molecule has 21 heavy (non-hydrogen) atoms. The van der Waals surface area contributed by atoms with Crippen LogP contribution in [0.15, 0.2) is 24.3 Å². The van der Waals surface area contributed by atoms with Gasteiger partial charge in [-0.15, -0.1) is 0 Å². The molecule has 4 heteroatoms. The van der Waals surface area contributed by atoms with Crippen LogP contribution in [0, 0.1) is 17.2 Å². The van der Waals surface area contributed by atoms with Crippen LogP contribution in [-0.2, 0) is 0 Å². The Morgan fingerprint density at radius 3 is 2.71 bits per heavy atom. The molecule has 0 heterocycles. The highest BCUT2D eigenvalue weighted by molar-refractivity contribution is 5.97. The first-order valence-corrected chi connectivity index (χ1v) is 7.56.